The maximum atomic E-state index is 13.1. The molecule has 6 heteroatoms. The Kier molecular flexibility index (Phi) is 6.56. The lowest BCUT2D eigenvalue weighted by atomic mass is 9.75. The van der Waals surface area contributed by atoms with Crippen molar-refractivity contribution in [1.82, 2.24) is 0 Å². The van der Waals surface area contributed by atoms with Crippen molar-refractivity contribution in [3.8, 4) is 0 Å². The number of Topliss-reactive ketones (excluding diaryl/α,β-unsaturated/α-hetero) is 1. The number of carbonyl (C=O) groups is 3. The Hall–Kier alpha value is -2.47. The number of esters is 1. The molecule has 2 fully saturated rings. The molecule has 0 spiro atoms. The number of nitrogens with one attached hydrogen (secondary N) is 1. The summed E-state index contributed by atoms with van der Waals surface area (Å²) in [6.07, 6.45) is 3.56. The molecule has 0 heterocycles. The molecular formula is C25H26BrNO4. The van der Waals surface area contributed by atoms with Gasteiger partial charge in [0.15, 0.2) is 12.4 Å². The van der Waals surface area contributed by atoms with Crippen molar-refractivity contribution in [3.05, 3.63) is 64.1 Å². The molecule has 1 N–H and O–H groups in total. The first kappa shape index (κ1) is 21.8. The van der Waals surface area contributed by atoms with Crippen LogP contribution in [0.4, 0.5) is 5.69 Å². The van der Waals surface area contributed by atoms with Crippen LogP contribution >= 0.6 is 15.9 Å². The van der Waals surface area contributed by atoms with E-state index in [0.29, 0.717) is 11.3 Å². The largest absolute Gasteiger partial charge is 0.455 e. The second-order valence-electron chi connectivity index (χ2n) is 8.43. The fourth-order valence-corrected chi connectivity index (χ4v) is 5.61. The maximum Gasteiger partial charge on any atom is 0.310 e. The Morgan fingerprint density at radius 2 is 1.74 bits per heavy atom. The summed E-state index contributed by atoms with van der Waals surface area (Å²) in [6.45, 7) is 1.66. The zero-order chi connectivity index (χ0) is 22.0. The van der Waals surface area contributed by atoms with Crippen LogP contribution in [0.5, 0.6) is 0 Å². The molecule has 2 aliphatic rings. The highest BCUT2D eigenvalue weighted by Crippen LogP contribution is 2.53. The number of anilines is 1. The van der Waals surface area contributed by atoms with Gasteiger partial charge in [0.1, 0.15) is 0 Å². The minimum Gasteiger partial charge on any atom is -0.455 e. The summed E-state index contributed by atoms with van der Waals surface area (Å²) in [5.74, 6) is -1.22. The quantitative estimate of drug-likeness (QED) is 0.442. The van der Waals surface area contributed by atoms with Gasteiger partial charge in [-0.2, -0.15) is 0 Å². The number of amides is 1. The van der Waals surface area contributed by atoms with Crippen molar-refractivity contribution in [2.24, 2.45) is 23.7 Å². The van der Waals surface area contributed by atoms with E-state index in [2.05, 4.69) is 21.2 Å². The lowest BCUT2D eigenvalue weighted by molar-refractivity contribution is -0.154. The monoisotopic (exact) mass is 483 g/mol. The third kappa shape index (κ3) is 4.59. The van der Waals surface area contributed by atoms with Crippen LogP contribution in [-0.2, 0) is 20.7 Å². The third-order valence-electron chi connectivity index (χ3n) is 6.62. The third-order valence-corrected chi connectivity index (χ3v) is 7.11. The van der Waals surface area contributed by atoms with Gasteiger partial charge in [-0.05, 0) is 61.3 Å². The van der Waals surface area contributed by atoms with E-state index in [4.69, 9.17) is 4.74 Å². The number of hydrogen-bond acceptors (Lipinski definition) is 4. The highest BCUT2D eigenvalue weighted by molar-refractivity contribution is 9.10. The maximum absolute atomic E-state index is 13.1. The van der Waals surface area contributed by atoms with E-state index in [-0.39, 0.29) is 36.1 Å². The molecule has 31 heavy (non-hydrogen) atoms. The minimum absolute atomic E-state index is 0.0154. The fraction of sp³-hybridized carbons (Fsp3) is 0.400. The second-order valence-corrected chi connectivity index (χ2v) is 9.34. The zero-order valence-electron chi connectivity index (χ0n) is 17.5. The molecule has 2 aromatic rings. The molecule has 0 radical (unpaired) electrons. The van der Waals surface area contributed by atoms with Crippen molar-refractivity contribution in [1.29, 1.82) is 0 Å². The molecule has 162 valence electrons. The number of benzene rings is 2. The van der Waals surface area contributed by atoms with Crippen LogP contribution in [0.1, 0.15) is 42.1 Å². The summed E-state index contributed by atoms with van der Waals surface area (Å²) in [6, 6.07) is 14.8. The molecule has 5 nitrogen and oxygen atoms in total. The summed E-state index contributed by atoms with van der Waals surface area (Å²) in [5, 5.41) is 2.82. The van der Waals surface area contributed by atoms with Gasteiger partial charge in [-0.15, -0.1) is 0 Å². The Morgan fingerprint density at radius 3 is 2.45 bits per heavy atom. The van der Waals surface area contributed by atoms with Crippen LogP contribution < -0.4 is 5.32 Å². The molecule has 1 amide bonds. The lowest BCUT2D eigenvalue weighted by Gasteiger charge is -2.28. The van der Waals surface area contributed by atoms with E-state index in [0.717, 1.165) is 35.7 Å². The normalized spacial score (nSPS) is 24.1. The van der Waals surface area contributed by atoms with Crippen LogP contribution in [0, 0.1) is 23.7 Å². The number of halogens is 1. The smallest absolute Gasteiger partial charge is 0.310 e. The van der Waals surface area contributed by atoms with E-state index < -0.39 is 11.9 Å². The Labute approximate surface area is 190 Å². The fourth-order valence-electron chi connectivity index (χ4n) is 5.20. The van der Waals surface area contributed by atoms with Gasteiger partial charge in [0.25, 0.3) is 5.91 Å². The van der Waals surface area contributed by atoms with E-state index in [1.165, 1.54) is 0 Å². The highest BCUT2D eigenvalue weighted by atomic mass is 79.9. The van der Waals surface area contributed by atoms with Crippen LogP contribution in [0.15, 0.2) is 53.0 Å². The molecule has 0 saturated heterocycles. The summed E-state index contributed by atoms with van der Waals surface area (Å²) >= 11 is 3.43. The molecule has 0 aliphatic heterocycles. The molecule has 2 saturated carbocycles. The highest BCUT2D eigenvalue weighted by Gasteiger charge is 2.54. The number of carbonyl (C=O) groups excluding carboxylic acids is 3. The van der Waals surface area contributed by atoms with Gasteiger partial charge in [-0.1, -0.05) is 53.2 Å². The number of hydrogen-bond donors (Lipinski definition) is 1. The Morgan fingerprint density at radius 1 is 1.03 bits per heavy atom. The van der Waals surface area contributed by atoms with Gasteiger partial charge in [-0.25, -0.2) is 0 Å². The van der Waals surface area contributed by atoms with Crippen LogP contribution in [0.3, 0.4) is 0 Å². The molecular weight excluding hydrogens is 458 g/mol. The molecule has 2 bridgehead atoms. The molecule has 4 rings (SSSR count). The van der Waals surface area contributed by atoms with Gasteiger partial charge >= 0.3 is 5.97 Å². The van der Waals surface area contributed by atoms with E-state index in [1.54, 1.807) is 12.1 Å². The second kappa shape index (κ2) is 9.35. The number of ketones is 1. The van der Waals surface area contributed by atoms with E-state index >= 15 is 0 Å². The van der Waals surface area contributed by atoms with Crippen molar-refractivity contribution >= 4 is 39.3 Å². The van der Waals surface area contributed by atoms with Gasteiger partial charge < -0.3 is 10.1 Å². The average molecular weight is 484 g/mol. The predicted molar refractivity (Wildman–Crippen MR) is 122 cm³/mol. The summed E-state index contributed by atoms with van der Waals surface area (Å²) in [4.78, 5) is 38.5. The first-order valence-corrected chi connectivity index (χ1v) is 11.6. The van der Waals surface area contributed by atoms with Gasteiger partial charge in [-0.3, -0.25) is 14.4 Å². The number of ether oxygens (including phenoxy) is 1. The van der Waals surface area contributed by atoms with Crippen molar-refractivity contribution < 1.29 is 19.1 Å². The summed E-state index contributed by atoms with van der Waals surface area (Å²) in [5.41, 5.74) is 2.34. The molecule has 2 aromatic carbocycles. The SMILES string of the molecule is CCc1cc(Br)ccc1NC(=O)COC(=O)[C@H]1[C@H]2CC[C@@H](C2)[C@@H]1C(=O)c1ccccc1. The molecule has 4 atom stereocenters. The molecule has 2 aliphatic carbocycles. The van der Waals surface area contributed by atoms with E-state index in [1.807, 2.05) is 43.3 Å². The number of rotatable bonds is 7. The molecule has 0 unspecified atom stereocenters. The summed E-state index contributed by atoms with van der Waals surface area (Å²) < 4.78 is 6.36. The van der Waals surface area contributed by atoms with E-state index in [9.17, 15) is 14.4 Å². The lowest BCUT2D eigenvalue weighted by Crippen LogP contribution is -2.37. The van der Waals surface area contributed by atoms with Gasteiger partial charge in [0, 0.05) is 21.6 Å². The van der Waals surface area contributed by atoms with Gasteiger partial charge in [0.05, 0.1) is 5.92 Å². The topological polar surface area (TPSA) is 72.5 Å². The van der Waals surface area contributed by atoms with Crippen molar-refractivity contribution in [2.75, 3.05) is 11.9 Å². The zero-order valence-corrected chi connectivity index (χ0v) is 19.1. The predicted octanol–water partition coefficient (Wildman–Crippen LogP) is 5.04. The van der Waals surface area contributed by atoms with Crippen molar-refractivity contribution in [3.63, 3.8) is 0 Å². The average Bonchev–Trinajstić information content (AvgIpc) is 3.40. The summed E-state index contributed by atoms with van der Waals surface area (Å²) in [7, 11) is 0. The minimum atomic E-state index is -0.460. The first-order valence-electron chi connectivity index (χ1n) is 10.8. The van der Waals surface area contributed by atoms with Crippen LogP contribution in [0.2, 0.25) is 0 Å². The molecule has 0 aromatic heterocycles. The van der Waals surface area contributed by atoms with Crippen LogP contribution in [-0.4, -0.2) is 24.3 Å². The number of aryl methyl sites for hydroxylation is 1. The standard InChI is InChI=1S/C25H26BrNO4/c1-2-15-13-19(26)10-11-20(15)27-21(28)14-31-25(30)23-18-9-8-17(12-18)22(23)24(29)16-6-4-3-5-7-16/h3-7,10-11,13,17-18,22-23H,2,8-9,12,14H2,1H3,(H,27,28)/t17-,18-,22-,23-/m0/s1. The Bertz CT molecular complexity index is 990. The van der Waals surface area contributed by atoms with Gasteiger partial charge in [0.2, 0.25) is 0 Å². The number of fused-ring (bicyclic) bond motifs is 2. The van der Waals surface area contributed by atoms with Crippen LogP contribution in [0.25, 0.3) is 0 Å². The Balaban J connectivity index is 1.40. The first-order chi connectivity index (χ1) is 15.0. The van der Waals surface area contributed by atoms with Crippen molar-refractivity contribution in [2.45, 2.75) is 32.6 Å².